The summed E-state index contributed by atoms with van der Waals surface area (Å²) < 4.78 is 10.6. The predicted molar refractivity (Wildman–Crippen MR) is 70.6 cm³/mol. The van der Waals surface area contributed by atoms with Crippen molar-refractivity contribution >= 4 is 0 Å². The predicted octanol–water partition coefficient (Wildman–Crippen LogP) is 2.58. The van der Waals surface area contributed by atoms with Crippen LogP contribution in [0.5, 0.6) is 5.75 Å². The number of nitrogens with zero attached hydrogens (tertiary/aromatic N) is 1. The van der Waals surface area contributed by atoms with Crippen LogP contribution in [0.15, 0.2) is 18.5 Å². The highest BCUT2D eigenvalue weighted by Gasteiger charge is 2.13. The third-order valence-electron chi connectivity index (χ3n) is 2.67. The molecule has 2 unspecified atom stereocenters. The van der Waals surface area contributed by atoms with E-state index in [0.29, 0.717) is 31.3 Å². The number of rotatable bonds is 8. The molecule has 0 amide bonds. The first kappa shape index (κ1) is 14.9. The summed E-state index contributed by atoms with van der Waals surface area (Å²) in [6, 6.07) is 1.85. The lowest BCUT2D eigenvalue weighted by atomic mass is 10.00. The molecule has 0 aliphatic heterocycles. The van der Waals surface area contributed by atoms with Crippen LogP contribution in [0.3, 0.4) is 0 Å². The number of ether oxygens (including phenoxy) is 2. The van der Waals surface area contributed by atoms with E-state index in [1.54, 1.807) is 19.5 Å². The molecule has 1 N–H and O–H groups in total. The molecular formula is C14H23NO3. The van der Waals surface area contributed by atoms with Crippen LogP contribution in [0.2, 0.25) is 0 Å². The molecule has 1 rings (SSSR count). The number of pyridine rings is 1. The second-order valence-corrected chi connectivity index (χ2v) is 4.61. The molecule has 0 spiro atoms. The lowest BCUT2D eigenvalue weighted by Crippen LogP contribution is -2.10. The zero-order chi connectivity index (χ0) is 13.4. The number of aliphatic hydroxyl groups excluding tert-OH is 1. The standard InChI is InChI=1S/C14H23NO3/c1-4-5-18-13-7-12(8-15-9-13)14(16)6-11(2)10-17-3/h7-9,11,14,16H,4-6,10H2,1-3H3. The van der Waals surface area contributed by atoms with E-state index >= 15 is 0 Å². The van der Waals surface area contributed by atoms with Crippen LogP contribution in [0, 0.1) is 5.92 Å². The van der Waals surface area contributed by atoms with Crippen LogP contribution < -0.4 is 4.74 Å². The zero-order valence-electron chi connectivity index (χ0n) is 11.4. The van der Waals surface area contributed by atoms with Gasteiger partial charge in [-0.05, 0) is 24.8 Å². The number of hydrogen-bond donors (Lipinski definition) is 1. The molecule has 0 aliphatic rings. The number of methoxy groups -OCH3 is 1. The van der Waals surface area contributed by atoms with Gasteiger partial charge in [0, 0.05) is 25.5 Å². The molecule has 0 saturated carbocycles. The Labute approximate surface area is 109 Å². The van der Waals surface area contributed by atoms with Gasteiger partial charge >= 0.3 is 0 Å². The van der Waals surface area contributed by atoms with Gasteiger partial charge in [0.25, 0.3) is 0 Å². The van der Waals surface area contributed by atoms with Crippen LogP contribution in [0.4, 0.5) is 0 Å². The van der Waals surface area contributed by atoms with Crippen molar-refractivity contribution in [2.45, 2.75) is 32.8 Å². The van der Waals surface area contributed by atoms with E-state index in [4.69, 9.17) is 9.47 Å². The Morgan fingerprint density at radius 2 is 2.17 bits per heavy atom. The molecule has 0 radical (unpaired) electrons. The Hall–Kier alpha value is -1.13. The van der Waals surface area contributed by atoms with Crippen molar-refractivity contribution in [3.63, 3.8) is 0 Å². The molecule has 18 heavy (non-hydrogen) atoms. The first-order valence-electron chi connectivity index (χ1n) is 6.42. The fourth-order valence-corrected chi connectivity index (χ4v) is 1.79. The van der Waals surface area contributed by atoms with E-state index in [1.165, 1.54) is 0 Å². The highest BCUT2D eigenvalue weighted by molar-refractivity contribution is 5.25. The molecule has 0 fully saturated rings. The molecule has 4 heteroatoms. The van der Waals surface area contributed by atoms with Gasteiger partial charge in [-0.3, -0.25) is 4.98 Å². The minimum absolute atomic E-state index is 0.310. The van der Waals surface area contributed by atoms with Crippen molar-refractivity contribution in [3.05, 3.63) is 24.0 Å². The molecule has 0 bridgehead atoms. The summed E-state index contributed by atoms with van der Waals surface area (Å²) in [6.45, 7) is 5.42. The Bertz CT molecular complexity index is 344. The summed E-state index contributed by atoms with van der Waals surface area (Å²) in [5, 5.41) is 10.1. The van der Waals surface area contributed by atoms with Gasteiger partial charge in [-0.2, -0.15) is 0 Å². The van der Waals surface area contributed by atoms with Crippen molar-refractivity contribution in [3.8, 4) is 5.75 Å². The molecule has 102 valence electrons. The number of aromatic nitrogens is 1. The van der Waals surface area contributed by atoms with Gasteiger partial charge in [0.05, 0.1) is 18.9 Å². The van der Waals surface area contributed by atoms with E-state index in [2.05, 4.69) is 18.8 Å². The minimum atomic E-state index is -0.521. The summed E-state index contributed by atoms with van der Waals surface area (Å²) in [5.74, 6) is 1.03. The van der Waals surface area contributed by atoms with Gasteiger partial charge in [-0.1, -0.05) is 13.8 Å². The Morgan fingerprint density at radius 1 is 1.39 bits per heavy atom. The van der Waals surface area contributed by atoms with E-state index < -0.39 is 6.10 Å². The molecular weight excluding hydrogens is 230 g/mol. The smallest absolute Gasteiger partial charge is 0.137 e. The third kappa shape index (κ3) is 5.02. The summed E-state index contributed by atoms with van der Waals surface area (Å²) in [4.78, 5) is 4.10. The summed E-state index contributed by atoms with van der Waals surface area (Å²) in [7, 11) is 1.67. The Balaban J connectivity index is 2.58. The van der Waals surface area contributed by atoms with Gasteiger partial charge < -0.3 is 14.6 Å². The van der Waals surface area contributed by atoms with Crippen LogP contribution in [0.25, 0.3) is 0 Å². The van der Waals surface area contributed by atoms with Gasteiger partial charge in [-0.15, -0.1) is 0 Å². The first-order chi connectivity index (χ1) is 8.67. The van der Waals surface area contributed by atoms with Gasteiger partial charge in [0.1, 0.15) is 5.75 Å². The fourth-order valence-electron chi connectivity index (χ4n) is 1.79. The zero-order valence-corrected chi connectivity index (χ0v) is 11.4. The highest BCUT2D eigenvalue weighted by atomic mass is 16.5. The Morgan fingerprint density at radius 3 is 2.83 bits per heavy atom. The van der Waals surface area contributed by atoms with Gasteiger partial charge in [-0.25, -0.2) is 0 Å². The second kappa shape index (κ2) is 8.06. The maximum absolute atomic E-state index is 10.1. The topological polar surface area (TPSA) is 51.6 Å². The Kier molecular flexibility index (Phi) is 6.68. The van der Waals surface area contributed by atoms with Crippen molar-refractivity contribution in [1.29, 1.82) is 0 Å². The maximum atomic E-state index is 10.1. The largest absolute Gasteiger partial charge is 0.492 e. The van der Waals surface area contributed by atoms with Crippen molar-refractivity contribution in [2.24, 2.45) is 5.92 Å². The van der Waals surface area contributed by atoms with E-state index in [9.17, 15) is 5.11 Å². The summed E-state index contributed by atoms with van der Waals surface area (Å²) >= 11 is 0. The third-order valence-corrected chi connectivity index (χ3v) is 2.67. The van der Waals surface area contributed by atoms with Crippen LogP contribution in [-0.2, 0) is 4.74 Å². The quantitative estimate of drug-likeness (QED) is 0.773. The first-order valence-corrected chi connectivity index (χ1v) is 6.42. The summed E-state index contributed by atoms with van der Waals surface area (Å²) in [5.41, 5.74) is 0.798. The summed E-state index contributed by atoms with van der Waals surface area (Å²) in [6.07, 6.45) is 4.45. The van der Waals surface area contributed by atoms with Crippen LogP contribution >= 0.6 is 0 Å². The average Bonchev–Trinajstić information content (AvgIpc) is 2.37. The number of hydrogen-bond acceptors (Lipinski definition) is 4. The SMILES string of the molecule is CCCOc1cncc(C(O)CC(C)COC)c1. The second-order valence-electron chi connectivity index (χ2n) is 4.61. The number of aliphatic hydroxyl groups is 1. The normalized spacial score (nSPS) is 14.2. The lowest BCUT2D eigenvalue weighted by molar-refractivity contribution is 0.101. The molecule has 1 aromatic heterocycles. The molecule has 1 aromatic rings. The fraction of sp³-hybridized carbons (Fsp3) is 0.643. The maximum Gasteiger partial charge on any atom is 0.137 e. The molecule has 0 aromatic carbocycles. The lowest BCUT2D eigenvalue weighted by Gasteiger charge is -2.16. The van der Waals surface area contributed by atoms with E-state index in [1.807, 2.05) is 6.07 Å². The van der Waals surface area contributed by atoms with Crippen molar-refractivity contribution in [2.75, 3.05) is 20.3 Å². The molecule has 2 atom stereocenters. The average molecular weight is 253 g/mol. The van der Waals surface area contributed by atoms with Crippen LogP contribution in [-0.4, -0.2) is 30.4 Å². The van der Waals surface area contributed by atoms with E-state index in [0.717, 1.165) is 12.0 Å². The van der Waals surface area contributed by atoms with Crippen molar-refractivity contribution in [1.82, 2.24) is 4.98 Å². The van der Waals surface area contributed by atoms with Crippen LogP contribution in [0.1, 0.15) is 38.4 Å². The van der Waals surface area contributed by atoms with E-state index in [-0.39, 0.29) is 0 Å². The molecule has 0 aliphatic carbocycles. The van der Waals surface area contributed by atoms with Gasteiger partial charge in [0.2, 0.25) is 0 Å². The molecule has 4 nitrogen and oxygen atoms in total. The molecule has 0 saturated heterocycles. The van der Waals surface area contributed by atoms with Crippen molar-refractivity contribution < 1.29 is 14.6 Å². The monoisotopic (exact) mass is 253 g/mol. The van der Waals surface area contributed by atoms with Gasteiger partial charge in [0.15, 0.2) is 0 Å². The minimum Gasteiger partial charge on any atom is -0.492 e. The molecule has 1 heterocycles. The highest BCUT2D eigenvalue weighted by Crippen LogP contribution is 2.23.